The molecule has 0 radical (unpaired) electrons. The van der Waals surface area contributed by atoms with Gasteiger partial charge in [0.2, 0.25) is 0 Å². The van der Waals surface area contributed by atoms with Crippen LogP contribution in [0.25, 0.3) is 0 Å². The van der Waals surface area contributed by atoms with Crippen molar-refractivity contribution in [1.29, 1.82) is 0 Å². The van der Waals surface area contributed by atoms with E-state index in [1.165, 1.54) is 35.1 Å². The fourth-order valence-electron chi connectivity index (χ4n) is 4.72. The zero-order valence-corrected chi connectivity index (χ0v) is 18.8. The third kappa shape index (κ3) is 6.09. The van der Waals surface area contributed by atoms with E-state index < -0.39 is 5.97 Å². The van der Waals surface area contributed by atoms with Crippen molar-refractivity contribution in [2.24, 2.45) is 5.41 Å². The van der Waals surface area contributed by atoms with Crippen LogP contribution in [0.2, 0.25) is 0 Å². The lowest BCUT2D eigenvalue weighted by atomic mass is 9.92. The van der Waals surface area contributed by atoms with Gasteiger partial charge in [0.1, 0.15) is 5.60 Å². The Morgan fingerprint density at radius 1 is 0.967 bits per heavy atom. The number of aliphatic carboxylic acids is 1. The topological polar surface area (TPSA) is 63.6 Å². The second-order valence-corrected chi connectivity index (χ2v) is 9.80. The average Bonchev–Trinajstić information content (AvgIpc) is 3.62. The lowest BCUT2D eigenvalue weighted by Crippen LogP contribution is -2.14. The highest BCUT2D eigenvalue weighted by Crippen LogP contribution is 2.50. The number of carbonyl (C=O) groups excluding carboxylic acids is 1. The standard InChI is InChI=1S/C26H38O4/c1-20-17-22(9-5-3-7-11-25(13-14-25)24(28)29)18-23(21(20)2)10-6-4-8-12-26(15-16-26)30-19-27/h17-19H,3-16H2,1-2H3,(H,28,29). The van der Waals surface area contributed by atoms with Crippen LogP contribution in [0.5, 0.6) is 0 Å². The maximum Gasteiger partial charge on any atom is 0.309 e. The van der Waals surface area contributed by atoms with Crippen molar-refractivity contribution >= 4 is 12.4 Å². The van der Waals surface area contributed by atoms with Crippen molar-refractivity contribution in [2.75, 3.05) is 0 Å². The minimum atomic E-state index is -0.593. The molecule has 0 atom stereocenters. The monoisotopic (exact) mass is 414 g/mol. The second-order valence-electron chi connectivity index (χ2n) is 9.80. The van der Waals surface area contributed by atoms with Gasteiger partial charge >= 0.3 is 5.97 Å². The van der Waals surface area contributed by atoms with Crippen LogP contribution in [0.3, 0.4) is 0 Å². The van der Waals surface area contributed by atoms with Gasteiger partial charge in [0.05, 0.1) is 5.41 Å². The third-order valence-electron chi connectivity index (χ3n) is 7.45. The average molecular weight is 415 g/mol. The maximum absolute atomic E-state index is 11.3. The minimum Gasteiger partial charge on any atom is -0.481 e. The third-order valence-corrected chi connectivity index (χ3v) is 7.45. The first-order valence-corrected chi connectivity index (χ1v) is 11.8. The molecule has 1 aromatic rings. The smallest absolute Gasteiger partial charge is 0.309 e. The molecule has 0 amide bonds. The number of ether oxygens (including phenoxy) is 1. The van der Waals surface area contributed by atoms with Gasteiger partial charge < -0.3 is 9.84 Å². The Morgan fingerprint density at radius 3 is 2.23 bits per heavy atom. The van der Waals surface area contributed by atoms with Gasteiger partial charge in [-0.3, -0.25) is 9.59 Å². The molecule has 1 N–H and O–H groups in total. The Morgan fingerprint density at radius 2 is 1.63 bits per heavy atom. The number of carboxylic acids is 1. The first-order valence-electron chi connectivity index (χ1n) is 11.8. The van der Waals surface area contributed by atoms with Crippen LogP contribution in [0.15, 0.2) is 12.1 Å². The quantitative estimate of drug-likeness (QED) is 0.279. The van der Waals surface area contributed by atoms with E-state index in [1.54, 1.807) is 0 Å². The number of rotatable bonds is 15. The summed E-state index contributed by atoms with van der Waals surface area (Å²) < 4.78 is 5.23. The molecular formula is C26H38O4. The summed E-state index contributed by atoms with van der Waals surface area (Å²) in [7, 11) is 0. The van der Waals surface area contributed by atoms with Gasteiger partial charge in [-0.2, -0.15) is 0 Å². The van der Waals surface area contributed by atoms with E-state index in [4.69, 9.17) is 4.74 Å². The summed E-state index contributed by atoms with van der Waals surface area (Å²) in [6.07, 6.45) is 14.6. The van der Waals surface area contributed by atoms with Crippen molar-refractivity contribution in [3.05, 3.63) is 34.4 Å². The van der Waals surface area contributed by atoms with Crippen LogP contribution in [0.1, 0.15) is 99.3 Å². The Hall–Kier alpha value is -1.84. The zero-order valence-electron chi connectivity index (χ0n) is 18.8. The molecule has 2 aliphatic carbocycles. The van der Waals surface area contributed by atoms with Crippen molar-refractivity contribution < 1.29 is 19.4 Å². The van der Waals surface area contributed by atoms with E-state index in [0.29, 0.717) is 6.47 Å². The largest absolute Gasteiger partial charge is 0.481 e. The van der Waals surface area contributed by atoms with Gasteiger partial charge in [-0.15, -0.1) is 0 Å². The van der Waals surface area contributed by atoms with E-state index in [0.717, 1.165) is 77.0 Å². The van der Waals surface area contributed by atoms with Crippen LogP contribution in [-0.2, 0) is 27.2 Å². The lowest BCUT2D eigenvalue weighted by Gasteiger charge is -2.14. The fraction of sp³-hybridized carbons (Fsp3) is 0.692. The molecule has 3 rings (SSSR count). The van der Waals surface area contributed by atoms with E-state index in [2.05, 4.69) is 26.0 Å². The number of carboxylic acid groups (broad SMARTS) is 1. The highest BCUT2D eigenvalue weighted by molar-refractivity contribution is 5.77. The number of hydrogen-bond donors (Lipinski definition) is 1. The second kappa shape index (κ2) is 9.98. The Bertz CT molecular complexity index is 744. The molecule has 2 saturated carbocycles. The number of benzene rings is 1. The number of unbranched alkanes of at least 4 members (excludes halogenated alkanes) is 4. The fourth-order valence-corrected chi connectivity index (χ4v) is 4.72. The maximum atomic E-state index is 11.3. The SMILES string of the molecule is Cc1cc(CCCCCC2(C(=O)O)CC2)cc(CCCCCC2(OC=O)CC2)c1C. The molecular weight excluding hydrogens is 376 g/mol. The highest BCUT2D eigenvalue weighted by atomic mass is 16.5. The van der Waals surface area contributed by atoms with E-state index in [1.807, 2.05) is 0 Å². The first-order chi connectivity index (χ1) is 14.4. The van der Waals surface area contributed by atoms with Gasteiger partial charge in [-0.25, -0.2) is 0 Å². The molecule has 0 heterocycles. The summed E-state index contributed by atoms with van der Waals surface area (Å²) in [4.78, 5) is 21.8. The molecule has 166 valence electrons. The van der Waals surface area contributed by atoms with Gasteiger partial charge in [-0.05, 0) is 107 Å². The van der Waals surface area contributed by atoms with Crippen LogP contribution >= 0.6 is 0 Å². The normalized spacial score (nSPS) is 18.1. The van der Waals surface area contributed by atoms with Gasteiger partial charge in [0, 0.05) is 0 Å². The minimum absolute atomic E-state index is 0.113. The van der Waals surface area contributed by atoms with E-state index >= 15 is 0 Å². The molecule has 1 aromatic carbocycles. The molecule has 0 unspecified atom stereocenters. The molecule has 4 nitrogen and oxygen atoms in total. The summed E-state index contributed by atoms with van der Waals surface area (Å²) in [5, 5.41) is 9.28. The molecule has 0 bridgehead atoms. The van der Waals surface area contributed by atoms with Gasteiger partial charge in [0.25, 0.3) is 6.47 Å². The van der Waals surface area contributed by atoms with Crippen LogP contribution in [0.4, 0.5) is 0 Å². The zero-order chi connectivity index (χ0) is 21.6. The van der Waals surface area contributed by atoms with Gasteiger partial charge in [0.15, 0.2) is 0 Å². The molecule has 0 aromatic heterocycles. The van der Waals surface area contributed by atoms with Crippen LogP contribution < -0.4 is 0 Å². The first kappa shape index (κ1) is 22.8. The van der Waals surface area contributed by atoms with Crippen molar-refractivity contribution in [2.45, 2.75) is 109 Å². The molecule has 0 aliphatic heterocycles. The molecule has 0 spiro atoms. The Labute approximate surface area is 181 Å². The molecule has 30 heavy (non-hydrogen) atoms. The van der Waals surface area contributed by atoms with Crippen LogP contribution in [0, 0.1) is 19.3 Å². The molecule has 4 heteroatoms. The predicted molar refractivity (Wildman–Crippen MR) is 119 cm³/mol. The molecule has 0 saturated heterocycles. The van der Waals surface area contributed by atoms with Crippen molar-refractivity contribution in [1.82, 2.24) is 0 Å². The van der Waals surface area contributed by atoms with E-state index in [9.17, 15) is 14.7 Å². The molecule has 2 fully saturated rings. The van der Waals surface area contributed by atoms with E-state index in [-0.39, 0.29) is 11.0 Å². The summed E-state index contributed by atoms with van der Waals surface area (Å²) in [5.41, 5.74) is 5.20. The number of carbonyl (C=O) groups is 2. The lowest BCUT2D eigenvalue weighted by molar-refractivity contribution is -0.143. The van der Waals surface area contributed by atoms with Crippen molar-refractivity contribution in [3.8, 4) is 0 Å². The van der Waals surface area contributed by atoms with Crippen LogP contribution in [-0.4, -0.2) is 23.1 Å². The molecule has 2 aliphatic rings. The summed E-state index contributed by atoms with van der Waals surface area (Å²) in [6.45, 7) is 5.05. The van der Waals surface area contributed by atoms with Crippen molar-refractivity contribution in [3.63, 3.8) is 0 Å². The highest BCUT2D eigenvalue weighted by Gasteiger charge is 2.49. The van der Waals surface area contributed by atoms with Gasteiger partial charge in [-0.1, -0.05) is 31.4 Å². The summed E-state index contributed by atoms with van der Waals surface area (Å²) in [6, 6.07) is 4.71. The Balaban J connectivity index is 1.38. The summed E-state index contributed by atoms with van der Waals surface area (Å²) in [5.74, 6) is -0.593. The predicted octanol–water partition coefficient (Wildman–Crippen LogP) is 6.08. The summed E-state index contributed by atoms with van der Waals surface area (Å²) >= 11 is 0. The Kier molecular flexibility index (Phi) is 7.60. The number of aryl methyl sites for hydroxylation is 3. The number of hydrogen-bond acceptors (Lipinski definition) is 3.